The second-order valence-electron chi connectivity index (χ2n) is 5.32. The number of carbonyl (C=O) groups is 1. The monoisotopic (exact) mass is 324 g/mol. The number of hydrogen-bond donors (Lipinski definition) is 0. The van der Waals surface area contributed by atoms with E-state index in [9.17, 15) is 13.6 Å². The molecule has 1 unspecified atom stereocenters. The standard InChI is InChI=1S/C16H30F2O2S/c1-4-7-8-10-14(15(19)20-6-3)21-13-9-12-16(17,18)11-5-2/h14H,4-13H2,1-3H3. The molecule has 0 aromatic rings. The number of unbranched alkanes of at least 4 members (excludes halogenated alkanes) is 2. The molecule has 0 fully saturated rings. The van der Waals surface area contributed by atoms with Gasteiger partial charge in [0, 0.05) is 12.8 Å². The highest BCUT2D eigenvalue weighted by Crippen LogP contribution is 2.28. The zero-order valence-corrected chi connectivity index (χ0v) is 14.4. The molecule has 0 aliphatic carbocycles. The topological polar surface area (TPSA) is 26.3 Å². The summed E-state index contributed by atoms with van der Waals surface area (Å²) in [4.78, 5) is 11.8. The predicted molar refractivity (Wildman–Crippen MR) is 86.1 cm³/mol. The van der Waals surface area contributed by atoms with Crippen LogP contribution in [0.5, 0.6) is 0 Å². The van der Waals surface area contributed by atoms with Crippen molar-refractivity contribution in [3.05, 3.63) is 0 Å². The number of esters is 1. The Labute approximate surface area is 132 Å². The molecule has 2 nitrogen and oxygen atoms in total. The maximum absolute atomic E-state index is 13.4. The Morgan fingerprint density at radius 1 is 1.10 bits per heavy atom. The molecule has 0 bridgehead atoms. The zero-order chi connectivity index (χ0) is 16.1. The molecule has 0 N–H and O–H groups in total. The van der Waals surface area contributed by atoms with Crippen LogP contribution < -0.4 is 0 Å². The SMILES string of the molecule is CCCCCC(SCCCC(F)(F)CCC)C(=O)OCC. The summed E-state index contributed by atoms with van der Waals surface area (Å²) in [7, 11) is 0. The minimum absolute atomic E-state index is 0.0462. The third kappa shape index (κ3) is 11.0. The van der Waals surface area contributed by atoms with Gasteiger partial charge in [0.25, 0.3) is 0 Å². The van der Waals surface area contributed by atoms with Crippen molar-refractivity contribution >= 4 is 17.7 Å². The molecule has 1 atom stereocenters. The van der Waals surface area contributed by atoms with Crippen LogP contribution in [-0.2, 0) is 9.53 Å². The fourth-order valence-electron chi connectivity index (χ4n) is 2.13. The quantitative estimate of drug-likeness (QED) is 0.333. The van der Waals surface area contributed by atoms with E-state index in [4.69, 9.17) is 4.74 Å². The zero-order valence-electron chi connectivity index (χ0n) is 13.6. The van der Waals surface area contributed by atoms with E-state index in [0.717, 1.165) is 25.7 Å². The molecule has 0 aromatic carbocycles. The molecule has 0 amide bonds. The van der Waals surface area contributed by atoms with E-state index in [0.29, 0.717) is 25.2 Å². The second-order valence-corrected chi connectivity index (χ2v) is 6.63. The van der Waals surface area contributed by atoms with Gasteiger partial charge in [0.1, 0.15) is 5.25 Å². The summed E-state index contributed by atoms with van der Waals surface area (Å²) in [5, 5.41) is -0.198. The average Bonchev–Trinajstić information content (AvgIpc) is 2.41. The molecular weight excluding hydrogens is 294 g/mol. The maximum atomic E-state index is 13.4. The number of ether oxygens (including phenoxy) is 1. The molecular formula is C16H30F2O2S. The van der Waals surface area contributed by atoms with E-state index in [1.807, 2.05) is 0 Å². The maximum Gasteiger partial charge on any atom is 0.319 e. The van der Waals surface area contributed by atoms with E-state index in [1.165, 1.54) is 11.8 Å². The van der Waals surface area contributed by atoms with Gasteiger partial charge < -0.3 is 4.74 Å². The fraction of sp³-hybridized carbons (Fsp3) is 0.938. The first-order valence-corrected chi connectivity index (χ1v) is 9.17. The minimum Gasteiger partial charge on any atom is -0.465 e. The Morgan fingerprint density at radius 2 is 1.81 bits per heavy atom. The average molecular weight is 324 g/mol. The Kier molecular flexibility index (Phi) is 12.1. The van der Waals surface area contributed by atoms with E-state index < -0.39 is 5.92 Å². The van der Waals surface area contributed by atoms with Crippen LogP contribution in [0.2, 0.25) is 0 Å². The van der Waals surface area contributed by atoms with Gasteiger partial charge in [-0.25, -0.2) is 8.78 Å². The first kappa shape index (κ1) is 20.7. The van der Waals surface area contributed by atoms with Gasteiger partial charge in [0.2, 0.25) is 5.92 Å². The van der Waals surface area contributed by atoms with Crippen LogP contribution in [0.1, 0.15) is 72.1 Å². The third-order valence-electron chi connectivity index (χ3n) is 3.24. The molecule has 21 heavy (non-hydrogen) atoms. The van der Waals surface area contributed by atoms with E-state index >= 15 is 0 Å². The van der Waals surface area contributed by atoms with Crippen LogP contribution in [0.4, 0.5) is 8.78 Å². The van der Waals surface area contributed by atoms with E-state index in [-0.39, 0.29) is 24.1 Å². The van der Waals surface area contributed by atoms with Crippen molar-refractivity contribution in [3.8, 4) is 0 Å². The van der Waals surface area contributed by atoms with Gasteiger partial charge >= 0.3 is 5.97 Å². The number of rotatable bonds is 13. The molecule has 0 saturated carbocycles. The molecule has 5 heteroatoms. The molecule has 0 aliphatic heterocycles. The summed E-state index contributed by atoms with van der Waals surface area (Å²) in [6, 6.07) is 0. The Hall–Kier alpha value is -0.320. The highest BCUT2D eigenvalue weighted by molar-refractivity contribution is 8.00. The van der Waals surface area contributed by atoms with Crippen molar-refractivity contribution in [1.82, 2.24) is 0 Å². The second kappa shape index (κ2) is 12.2. The lowest BCUT2D eigenvalue weighted by atomic mass is 10.1. The normalized spacial score (nSPS) is 13.2. The Balaban J connectivity index is 4.07. The predicted octanol–water partition coefficient (Wildman–Crippen LogP) is 5.45. The van der Waals surface area contributed by atoms with Crippen LogP contribution in [0.3, 0.4) is 0 Å². The summed E-state index contributed by atoms with van der Waals surface area (Å²) in [5.74, 6) is -2.16. The highest BCUT2D eigenvalue weighted by atomic mass is 32.2. The molecule has 0 saturated heterocycles. The van der Waals surface area contributed by atoms with Crippen LogP contribution >= 0.6 is 11.8 Å². The fourth-order valence-corrected chi connectivity index (χ4v) is 3.26. The summed E-state index contributed by atoms with van der Waals surface area (Å²) in [6.45, 7) is 6.05. The summed E-state index contributed by atoms with van der Waals surface area (Å²) >= 11 is 1.47. The Bertz CT molecular complexity index is 273. The number of halogens is 2. The lowest BCUT2D eigenvalue weighted by Gasteiger charge is -2.17. The lowest BCUT2D eigenvalue weighted by molar-refractivity contribution is -0.142. The molecule has 0 heterocycles. The molecule has 0 rings (SSSR count). The van der Waals surface area contributed by atoms with Crippen molar-refractivity contribution in [1.29, 1.82) is 0 Å². The molecule has 0 spiro atoms. The first-order valence-electron chi connectivity index (χ1n) is 8.12. The summed E-state index contributed by atoms with van der Waals surface area (Å²) in [6.07, 6.45) is 4.77. The largest absolute Gasteiger partial charge is 0.465 e. The van der Waals surface area contributed by atoms with E-state index in [1.54, 1.807) is 13.8 Å². The third-order valence-corrected chi connectivity index (χ3v) is 4.60. The summed E-state index contributed by atoms with van der Waals surface area (Å²) in [5.41, 5.74) is 0. The van der Waals surface area contributed by atoms with Crippen molar-refractivity contribution < 1.29 is 18.3 Å². The first-order chi connectivity index (χ1) is 9.96. The molecule has 0 radical (unpaired) electrons. The van der Waals surface area contributed by atoms with Gasteiger partial charge in [-0.2, -0.15) is 0 Å². The van der Waals surface area contributed by atoms with Gasteiger partial charge in [-0.1, -0.05) is 39.5 Å². The summed E-state index contributed by atoms with van der Waals surface area (Å²) < 4.78 is 31.8. The van der Waals surface area contributed by atoms with Crippen molar-refractivity contribution in [2.24, 2.45) is 0 Å². The lowest BCUT2D eigenvalue weighted by Crippen LogP contribution is -2.21. The molecule has 0 aliphatic rings. The molecule has 126 valence electrons. The number of thioether (sulfide) groups is 1. The van der Waals surface area contributed by atoms with E-state index in [2.05, 4.69) is 6.92 Å². The van der Waals surface area contributed by atoms with Gasteiger partial charge in [-0.3, -0.25) is 4.79 Å². The van der Waals surface area contributed by atoms with Crippen LogP contribution in [0, 0.1) is 0 Å². The van der Waals surface area contributed by atoms with Crippen molar-refractivity contribution in [3.63, 3.8) is 0 Å². The number of hydrogen-bond acceptors (Lipinski definition) is 3. The number of carbonyl (C=O) groups excluding carboxylic acids is 1. The minimum atomic E-state index is -2.56. The smallest absolute Gasteiger partial charge is 0.319 e. The Morgan fingerprint density at radius 3 is 2.38 bits per heavy atom. The van der Waals surface area contributed by atoms with Gasteiger partial charge in [0.15, 0.2) is 0 Å². The van der Waals surface area contributed by atoms with Crippen LogP contribution in [-0.4, -0.2) is 29.5 Å². The van der Waals surface area contributed by atoms with Gasteiger partial charge in [-0.05, 0) is 25.5 Å². The van der Waals surface area contributed by atoms with Crippen molar-refractivity contribution in [2.45, 2.75) is 83.3 Å². The van der Waals surface area contributed by atoms with Gasteiger partial charge in [-0.15, -0.1) is 11.8 Å². The van der Waals surface area contributed by atoms with Gasteiger partial charge in [0.05, 0.1) is 6.61 Å². The van der Waals surface area contributed by atoms with Crippen LogP contribution in [0.15, 0.2) is 0 Å². The highest BCUT2D eigenvalue weighted by Gasteiger charge is 2.27. The number of alkyl halides is 2. The van der Waals surface area contributed by atoms with Crippen LogP contribution in [0.25, 0.3) is 0 Å². The van der Waals surface area contributed by atoms with Crippen molar-refractivity contribution in [2.75, 3.05) is 12.4 Å². The molecule has 0 aromatic heterocycles.